The fourth-order valence-electron chi connectivity index (χ4n) is 3.74. The molecule has 2 N–H and O–H groups in total. The van der Waals surface area contributed by atoms with Crippen LogP contribution in [0, 0.1) is 5.92 Å². The molecule has 0 saturated carbocycles. The van der Waals surface area contributed by atoms with Gasteiger partial charge in [-0.1, -0.05) is 36.4 Å². The van der Waals surface area contributed by atoms with Gasteiger partial charge in [0.1, 0.15) is 0 Å². The number of amides is 2. The van der Waals surface area contributed by atoms with E-state index >= 15 is 0 Å². The highest BCUT2D eigenvalue weighted by atomic mass is 16.7. The van der Waals surface area contributed by atoms with E-state index in [1.54, 1.807) is 4.90 Å². The van der Waals surface area contributed by atoms with Gasteiger partial charge in [0.25, 0.3) is 0 Å². The highest BCUT2D eigenvalue weighted by Crippen LogP contribution is 2.33. The van der Waals surface area contributed by atoms with Gasteiger partial charge < -0.3 is 24.8 Å². The number of hydrogen-bond donors (Lipinski definition) is 2. The van der Waals surface area contributed by atoms with Crippen LogP contribution >= 0.6 is 0 Å². The number of likely N-dealkylation sites (tertiary alicyclic amines) is 1. The van der Waals surface area contributed by atoms with E-state index in [-0.39, 0.29) is 37.7 Å². The minimum Gasteiger partial charge on any atom is -0.454 e. The number of ether oxygens (including phenoxy) is 2. The predicted octanol–water partition coefficient (Wildman–Crippen LogP) is 1.48. The molecule has 4 rings (SSSR count). The lowest BCUT2D eigenvalue weighted by molar-refractivity contribution is -0.129. The maximum atomic E-state index is 12.7. The van der Waals surface area contributed by atoms with E-state index in [4.69, 9.17) is 9.47 Å². The maximum absolute atomic E-state index is 12.7. The molecule has 2 unspecified atom stereocenters. The molecule has 0 aliphatic carbocycles. The van der Waals surface area contributed by atoms with Gasteiger partial charge in [-0.3, -0.25) is 9.59 Å². The van der Waals surface area contributed by atoms with Crippen molar-refractivity contribution in [2.24, 2.45) is 5.92 Å². The first-order valence-electron chi connectivity index (χ1n) is 9.74. The van der Waals surface area contributed by atoms with Gasteiger partial charge in [0.15, 0.2) is 11.5 Å². The van der Waals surface area contributed by atoms with Crippen molar-refractivity contribution in [2.45, 2.75) is 25.4 Å². The minimum atomic E-state index is -0.415. The highest BCUT2D eigenvalue weighted by Gasteiger charge is 2.35. The third-order valence-electron chi connectivity index (χ3n) is 5.29. The Kier molecular flexibility index (Phi) is 5.67. The molecule has 0 spiro atoms. The molecule has 0 bridgehead atoms. The van der Waals surface area contributed by atoms with Crippen molar-refractivity contribution in [1.82, 2.24) is 10.2 Å². The molecule has 7 heteroatoms. The van der Waals surface area contributed by atoms with Crippen LogP contribution in [0.3, 0.4) is 0 Å². The smallest absolute Gasteiger partial charge is 0.231 e. The number of aliphatic hydroxyl groups is 1. The summed E-state index contributed by atoms with van der Waals surface area (Å²) in [6.45, 7) is 0.843. The topological polar surface area (TPSA) is 88.1 Å². The van der Waals surface area contributed by atoms with E-state index in [1.807, 2.05) is 48.5 Å². The quantitative estimate of drug-likeness (QED) is 0.740. The van der Waals surface area contributed by atoms with Gasteiger partial charge in [-0.2, -0.15) is 0 Å². The molecule has 0 radical (unpaired) electrons. The lowest BCUT2D eigenvalue weighted by atomic mass is 10.0. The normalized spacial score (nSPS) is 18.7. The molecule has 1 saturated heterocycles. The van der Waals surface area contributed by atoms with Crippen LogP contribution in [0.2, 0.25) is 0 Å². The number of aliphatic hydroxyl groups excluding tert-OH is 1. The van der Waals surface area contributed by atoms with Crippen molar-refractivity contribution in [3.63, 3.8) is 0 Å². The van der Waals surface area contributed by atoms with Crippen LogP contribution < -0.4 is 14.8 Å². The van der Waals surface area contributed by atoms with E-state index in [2.05, 4.69) is 5.32 Å². The Morgan fingerprint density at radius 2 is 1.93 bits per heavy atom. The standard InChI is InChI=1S/C22H24N2O5/c25-13-18(8-15-4-2-1-3-5-15)23-22(27)17-10-21(26)24(12-17)11-16-6-7-19-20(9-16)29-14-28-19/h1-7,9,17-18,25H,8,10-14H2,(H,23,27). The maximum Gasteiger partial charge on any atom is 0.231 e. The third kappa shape index (κ3) is 4.51. The van der Waals surface area contributed by atoms with Crippen molar-refractivity contribution in [3.8, 4) is 11.5 Å². The van der Waals surface area contributed by atoms with Crippen LogP contribution in [0.1, 0.15) is 17.5 Å². The summed E-state index contributed by atoms with van der Waals surface area (Å²) < 4.78 is 10.7. The van der Waals surface area contributed by atoms with Gasteiger partial charge >= 0.3 is 0 Å². The van der Waals surface area contributed by atoms with Crippen molar-refractivity contribution < 1.29 is 24.2 Å². The lowest BCUT2D eigenvalue weighted by Crippen LogP contribution is -2.43. The number of benzene rings is 2. The summed E-state index contributed by atoms with van der Waals surface area (Å²) in [5, 5.41) is 12.5. The SMILES string of the molecule is O=C(NC(CO)Cc1ccccc1)C1CC(=O)N(Cc2ccc3c(c2)OCO3)C1. The highest BCUT2D eigenvalue weighted by molar-refractivity contribution is 5.89. The first-order chi connectivity index (χ1) is 14.1. The van der Waals surface area contributed by atoms with Gasteiger partial charge in [-0.05, 0) is 29.7 Å². The summed E-state index contributed by atoms with van der Waals surface area (Å²) >= 11 is 0. The molecule has 2 heterocycles. The fraction of sp³-hybridized carbons (Fsp3) is 0.364. The van der Waals surface area contributed by atoms with Crippen molar-refractivity contribution in [3.05, 3.63) is 59.7 Å². The average Bonchev–Trinajstić information content (AvgIpc) is 3.34. The summed E-state index contributed by atoms with van der Waals surface area (Å²) in [6.07, 6.45) is 0.727. The summed E-state index contributed by atoms with van der Waals surface area (Å²) in [5.74, 6) is 0.719. The van der Waals surface area contributed by atoms with Gasteiger partial charge in [0.2, 0.25) is 18.6 Å². The monoisotopic (exact) mass is 396 g/mol. The van der Waals surface area contributed by atoms with Gasteiger partial charge in [-0.15, -0.1) is 0 Å². The van der Waals surface area contributed by atoms with Crippen molar-refractivity contribution in [2.75, 3.05) is 19.9 Å². The zero-order valence-corrected chi connectivity index (χ0v) is 16.0. The number of nitrogens with zero attached hydrogens (tertiary/aromatic N) is 1. The lowest BCUT2D eigenvalue weighted by Gasteiger charge is -2.20. The summed E-state index contributed by atoms with van der Waals surface area (Å²) in [5.41, 5.74) is 1.97. The molecule has 1 fully saturated rings. The zero-order valence-electron chi connectivity index (χ0n) is 16.0. The van der Waals surface area contributed by atoms with Crippen molar-refractivity contribution >= 4 is 11.8 Å². The van der Waals surface area contributed by atoms with Gasteiger partial charge in [0.05, 0.1) is 18.6 Å². The van der Waals surface area contributed by atoms with Crippen molar-refractivity contribution in [1.29, 1.82) is 0 Å². The number of rotatable bonds is 7. The molecular weight excluding hydrogens is 372 g/mol. The minimum absolute atomic E-state index is 0.0496. The Balaban J connectivity index is 1.33. The molecule has 2 amide bonds. The molecule has 2 aliphatic heterocycles. The van der Waals surface area contributed by atoms with Crippen LogP contribution in [-0.2, 0) is 22.6 Å². The second-order valence-corrected chi connectivity index (χ2v) is 7.44. The Morgan fingerprint density at radius 3 is 2.72 bits per heavy atom. The van der Waals surface area contributed by atoms with Crippen LogP contribution in [0.25, 0.3) is 0 Å². The summed E-state index contributed by atoms with van der Waals surface area (Å²) in [7, 11) is 0. The van der Waals surface area contributed by atoms with Gasteiger partial charge in [-0.25, -0.2) is 0 Å². The first kappa shape index (κ1) is 19.3. The van der Waals surface area contributed by atoms with Crippen LogP contribution in [0.4, 0.5) is 0 Å². The first-order valence-corrected chi connectivity index (χ1v) is 9.74. The number of fused-ring (bicyclic) bond motifs is 1. The van der Waals surface area contributed by atoms with E-state index in [9.17, 15) is 14.7 Å². The molecule has 2 aromatic carbocycles. The number of nitrogens with one attached hydrogen (secondary N) is 1. The molecular formula is C22H24N2O5. The molecule has 152 valence electrons. The molecule has 2 aliphatic rings. The Morgan fingerprint density at radius 1 is 1.14 bits per heavy atom. The Hall–Kier alpha value is -3.06. The number of carbonyl (C=O) groups excluding carboxylic acids is 2. The second-order valence-electron chi connectivity index (χ2n) is 7.44. The molecule has 2 atom stereocenters. The van der Waals surface area contributed by atoms with E-state index in [0.717, 1.165) is 11.1 Å². The Bertz CT molecular complexity index is 886. The molecule has 7 nitrogen and oxygen atoms in total. The summed E-state index contributed by atoms with van der Waals surface area (Å²) in [4.78, 5) is 26.8. The largest absolute Gasteiger partial charge is 0.454 e. The number of hydrogen-bond acceptors (Lipinski definition) is 5. The molecule has 0 aromatic heterocycles. The van der Waals surface area contributed by atoms with Crippen LogP contribution in [-0.4, -0.2) is 47.8 Å². The van der Waals surface area contributed by atoms with Gasteiger partial charge in [0, 0.05) is 19.5 Å². The second kappa shape index (κ2) is 8.53. The zero-order chi connectivity index (χ0) is 20.2. The van der Waals surface area contributed by atoms with E-state index < -0.39 is 5.92 Å². The van der Waals surface area contributed by atoms with Crippen LogP contribution in [0.15, 0.2) is 48.5 Å². The van der Waals surface area contributed by atoms with Crippen LogP contribution in [0.5, 0.6) is 11.5 Å². The summed E-state index contributed by atoms with van der Waals surface area (Å²) in [6, 6.07) is 14.9. The molecule has 29 heavy (non-hydrogen) atoms. The predicted molar refractivity (Wildman–Crippen MR) is 105 cm³/mol. The fourth-order valence-corrected chi connectivity index (χ4v) is 3.74. The average molecular weight is 396 g/mol. The Labute approximate surface area is 169 Å². The van der Waals surface area contributed by atoms with E-state index in [0.29, 0.717) is 31.0 Å². The third-order valence-corrected chi connectivity index (χ3v) is 5.29. The molecule has 2 aromatic rings. The van der Waals surface area contributed by atoms with E-state index in [1.165, 1.54) is 0 Å². The number of carbonyl (C=O) groups is 2.